The molecule has 0 saturated carbocycles. The van der Waals surface area contributed by atoms with Gasteiger partial charge in [0, 0.05) is 0 Å². The first-order valence-corrected chi connectivity index (χ1v) is 7.78. The van der Waals surface area contributed by atoms with E-state index >= 15 is 0 Å². The lowest BCUT2D eigenvalue weighted by Gasteiger charge is -2.02. The van der Waals surface area contributed by atoms with Crippen LogP contribution >= 0.6 is 0 Å². The van der Waals surface area contributed by atoms with Crippen molar-refractivity contribution in [3.63, 3.8) is 0 Å². The molecular formula is C11H8N16. The van der Waals surface area contributed by atoms with Crippen LogP contribution in [0.4, 0.5) is 0 Å². The van der Waals surface area contributed by atoms with Gasteiger partial charge in [-0.25, -0.2) is 8.80 Å². The highest BCUT2D eigenvalue weighted by atomic mass is 15.6. The van der Waals surface area contributed by atoms with Crippen molar-refractivity contribution in [2.24, 2.45) is 0 Å². The lowest BCUT2D eigenvalue weighted by atomic mass is 10.3. The van der Waals surface area contributed by atoms with Gasteiger partial charge in [-0.15, -0.1) is 30.6 Å². The highest BCUT2D eigenvalue weighted by molar-refractivity contribution is 5.51. The molecule has 0 spiro atoms. The minimum Gasteiger partial charge on any atom is -0.242 e. The van der Waals surface area contributed by atoms with Crippen LogP contribution in [0.5, 0.6) is 0 Å². The molecule has 0 aliphatic rings. The third-order valence-electron chi connectivity index (χ3n) is 4.19. The van der Waals surface area contributed by atoms with E-state index in [1.165, 1.54) is 9.26 Å². The first kappa shape index (κ1) is 14.0. The van der Waals surface area contributed by atoms with Crippen LogP contribution in [0.25, 0.3) is 22.8 Å². The van der Waals surface area contributed by atoms with Gasteiger partial charge in [0.25, 0.3) is 11.6 Å². The maximum Gasteiger partial charge on any atom is 0.279 e. The van der Waals surface area contributed by atoms with E-state index < -0.39 is 0 Å². The molecule has 0 aliphatic heterocycles. The SMILES string of the molecule is Cc1nn2nnnc2n2c(Cc3nnc4c(C)nn5nnnc5n34)nnc12. The summed E-state index contributed by atoms with van der Waals surface area (Å²) in [7, 11) is 0. The number of aromatic nitrogens is 16. The topological polar surface area (TPSA) is 172 Å². The molecule has 0 saturated heterocycles. The summed E-state index contributed by atoms with van der Waals surface area (Å²) in [5.74, 6) is 1.95. The van der Waals surface area contributed by atoms with E-state index in [-0.39, 0.29) is 0 Å². The van der Waals surface area contributed by atoms with Crippen LogP contribution in [0, 0.1) is 13.8 Å². The monoisotopic (exact) mass is 364 g/mol. The zero-order chi connectivity index (χ0) is 18.1. The van der Waals surface area contributed by atoms with Gasteiger partial charge in [-0.1, -0.05) is 19.5 Å². The summed E-state index contributed by atoms with van der Waals surface area (Å²) in [5.41, 5.74) is 2.41. The van der Waals surface area contributed by atoms with Gasteiger partial charge in [0.2, 0.25) is 0 Å². The largest absolute Gasteiger partial charge is 0.279 e. The van der Waals surface area contributed by atoms with Crippen molar-refractivity contribution in [1.82, 2.24) is 79.7 Å². The molecule has 16 heteroatoms. The highest BCUT2D eigenvalue weighted by Crippen LogP contribution is 2.15. The highest BCUT2D eigenvalue weighted by Gasteiger charge is 2.20. The summed E-state index contributed by atoms with van der Waals surface area (Å²) < 4.78 is 6.12. The van der Waals surface area contributed by atoms with Crippen molar-refractivity contribution in [2.45, 2.75) is 20.3 Å². The Hall–Kier alpha value is -4.24. The normalized spacial score (nSPS) is 12.2. The summed E-state index contributed by atoms with van der Waals surface area (Å²) in [6.45, 7) is 3.61. The predicted molar refractivity (Wildman–Crippen MR) is 82.5 cm³/mol. The van der Waals surface area contributed by atoms with Gasteiger partial charge in [-0.3, -0.25) is 0 Å². The van der Waals surface area contributed by atoms with E-state index in [1.807, 2.05) is 13.8 Å². The minimum absolute atomic E-state index is 0.292. The van der Waals surface area contributed by atoms with E-state index in [1.54, 1.807) is 8.80 Å². The molecule has 0 radical (unpaired) electrons. The molecule has 0 atom stereocenters. The van der Waals surface area contributed by atoms with Crippen LogP contribution in [0.1, 0.15) is 23.0 Å². The van der Waals surface area contributed by atoms with Crippen LogP contribution < -0.4 is 0 Å². The number of rotatable bonds is 2. The molecule has 6 rings (SSSR count). The Labute approximate surface area is 146 Å². The molecule has 27 heavy (non-hydrogen) atoms. The van der Waals surface area contributed by atoms with Crippen molar-refractivity contribution >= 4 is 22.8 Å². The standard InChI is InChI=1S/C11H8N16/c1-4-8-14-12-6(24(8)10-16-20-22-26(10)18-4)3-7-13-15-9-5(2)19-27-11(25(7)9)17-21-23-27/h3H2,1-2H3. The summed E-state index contributed by atoms with van der Waals surface area (Å²) >= 11 is 0. The Morgan fingerprint density at radius 1 is 0.630 bits per heavy atom. The molecule has 6 aromatic rings. The third-order valence-corrected chi connectivity index (χ3v) is 4.19. The lowest BCUT2D eigenvalue weighted by Crippen LogP contribution is -2.09. The van der Waals surface area contributed by atoms with Gasteiger partial charge in [0.05, 0.1) is 6.42 Å². The molecule has 0 bridgehead atoms. The Balaban J connectivity index is 1.62. The maximum absolute atomic E-state index is 4.27. The number of hydrogen-bond acceptors (Lipinski definition) is 12. The second-order valence-electron chi connectivity index (χ2n) is 5.83. The Morgan fingerprint density at radius 2 is 1.11 bits per heavy atom. The summed E-state index contributed by atoms with van der Waals surface area (Å²) in [6, 6.07) is 0. The fourth-order valence-electron chi connectivity index (χ4n) is 3.02. The molecule has 0 amide bonds. The van der Waals surface area contributed by atoms with Crippen LogP contribution in [0.3, 0.4) is 0 Å². The number of fused-ring (bicyclic) bond motifs is 6. The van der Waals surface area contributed by atoms with Crippen LogP contribution in [0.2, 0.25) is 0 Å². The van der Waals surface area contributed by atoms with E-state index in [4.69, 9.17) is 0 Å². The van der Waals surface area contributed by atoms with Gasteiger partial charge in [-0.05, 0) is 34.7 Å². The second kappa shape index (κ2) is 4.68. The smallest absolute Gasteiger partial charge is 0.242 e. The molecule has 16 nitrogen and oxygen atoms in total. The average molecular weight is 364 g/mol. The van der Waals surface area contributed by atoms with Gasteiger partial charge in [0.15, 0.2) is 11.3 Å². The summed E-state index contributed by atoms with van der Waals surface area (Å²) in [6.07, 6.45) is 0.292. The summed E-state index contributed by atoms with van der Waals surface area (Å²) in [4.78, 5) is 0. The molecule has 0 aliphatic carbocycles. The Kier molecular flexibility index (Phi) is 2.42. The third kappa shape index (κ3) is 1.75. The van der Waals surface area contributed by atoms with Gasteiger partial charge in [-0.2, -0.15) is 0 Å². The molecule has 6 aromatic heterocycles. The molecule has 0 N–H and O–H groups in total. The fourth-order valence-corrected chi connectivity index (χ4v) is 3.02. The zero-order valence-corrected chi connectivity index (χ0v) is 13.9. The fraction of sp³-hybridized carbons (Fsp3) is 0.273. The Bertz CT molecular complexity index is 1370. The van der Waals surface area contributed by atoms with Crippen molar-refractivity contribution in [3.05, 3.63) is 23.0 Å². The van der Waals surface area contributed by atoms with Crippen LogP contribution in [0.15, 0.2) is 0 Å². The zero-order valence-electron chi connectivity index (χ0n) is 13.9. The van der Waals surface area contributed by atoms with Crippen molar-refractivity contribution in [2.75, 3.05) is 0 Å². The minimum atomic E-state index is 0.292. The van der Waals surface area contributed by atoms with Crippen molar-refractivity contribution < 1.29 is 0 Å². The maximum atomic E-state index is 4.27. The molecular weight excluding hydrogens is 356 g/mol. The molecule has 0 fully saturated rings. The molecule has 0 unspecified atom stereocenters. The quantitative estimate of drug-likeness (QED) is 0.320. The van der Waals surface area contributed by atoms with E-state index in [2.05, 4.69) is 61.6 Å². The van der Waals surface area contributed by atoms with Gasteiger partial charge >= 0.3 is 0 Å². The van der Waals surface area contributed by atoms with Crippen molar-refractivity contribution in [1.29, 1.82) is 0 Å². The first-order valence-electron chi connectivity index (χ1n) is 7.78. The van der Waals surface area contributed by atoms with E-state index in [0.717, 1.165) is 0 Å². The van der Waals surface area contributed by atoms with Gasteiger partial charge in [0.1, 0.15) is 23.0 Å². The number of tetrazole rings is 2. The summed E-state index contributed by atoms with van der Waals surface area (Å²) in [5, 5.41) is 48.5. The van der Waals surface area contributed by atoms with E-state index in [9.17, 15) is 0 Å². The second-order valence-corrected chi connectivity index (χ2v) is 5.83. The van der Waals surface area contributed by atoms with Crippen LogP contribution in [-0.2, 0) is 6.42 Å². The predicted octanol–water partition coefficient (Wildman–Crippen LogP) is -2.35. The number of nitrogens with zero attached hydrogens (tertiary/aromatic N) is 16. The average Bonchev–Trinajstić information content (AvgIpc) is 3.40. The Morgan fingerprint density at radius 3 is 1.59 bits per heavy atom. The van der Waals surface area contributed by atoms with E-state index in [0.29, 0.717) is 52.3 Å². The van der Waals surface area contributed by atoms with Crippen LogP contribution in [-0.4, -0.2) is 79.7 Å². The lowest BCUT2D eigenvalue weighted by molar-refractivity contribution is 0.707. The molecule has 6 heterocycles. The molecule has 132 valence electrons. The van der Waals surface area contributed by atoms with Crippen molar-refractivity contribution in [3.8, 4) is 0 Å². The number of aryl methyl sites for hydroxylation is 2. The van der Waals surface area contributed by atoms with Gasteiger partial charge < -0.3 is 0 Å². The molecule has 0 aromatic carbocycles. The first-order chi connectivity index (χ1) is 13.2. The number of hydrogen-bond donors (Lipinski definition) is 0.